The monoisotopic (exact) mass is 485 g/mol. The van der Waals surface area contributed by atoms with E-state index in [0.29, 0.717) is 37.0 Å². The van der Waals surface area contributed by atoms with Crippen molar-refractivity contribution in [3.63, 3.8) is 0 Å². The molecule has 1 aromatic carbocycles. The number of benzene rings is 1. The maximum absolute atomic E-state index is 14.4. The van der Waals surface area contributed by atoms with Crippen LogP contribution in [0.5, 0.6) is 5.75 Å². The highest BCUT2D eigenvalue weighted by atomic mass is 19.3. The minimum absolute atomic E-state index is 0.110. The average molecular weight is 486 g/mol. The number of aromatic nitrogens is 2. The predicted octanol–water partition coefficient (Wildman–Crippen LogP) is 4.91. The second-order valence-corrected chi connectivity index (χ2v) is 9.89. The molecule has 0 bridgehead atoms. The number of aliphatic hydroxyl groups is 1. The predicted molar refractivity (Wildman–Crippen MR) is 128 cm³/mol. The van der Waals surface area contributed by atoms with E-state index in [1.165, 1.54) is 0 Å². The van der Waals surface area contributed by atoms with E-state index in [4.69, 9.17) is 4.98 Å². The van der Waals surface area contributed by atoms with Gasteiger partial charge in [-0.1, -0.05) is 11.6 Å². The first-order valence-electron chi connectivity index (χ1n) is 12.1. The number of allylic oxidation sites excluding steroid dienone is 1. The third kappa shape index (κ3) is 4.69. The van der Waals surface area contributed by atoms with Crippen molar-refractivity contribution in [3.8, 4) is 5.75 Å². The second kappa shape index (κ2) is 9.32. The molecule has 0 radical (unpaired) electrons. The van der Waals surface area contributed by atoms with Crippen molar-refractivity contribution in [1.82, 2.24) is 14.3 Å². The van der Waals surface area contributed by atoms with E-state index in [2.05, 4.69) is 4.90 Å². The molecule has 3 aromatic rings. The molecule has 2 aliphatic rings. The van der Waals surface area contributed by atoms with Crippen molar-refractivity contribution in [2.24, 2.45) is 5.92 Å². The van der Waals surface area contributed by atoms with Crippen LogP contribution in [0.25, 0.3) is 11.2 Å². The van der Waals surface area contributed by atoms with Gasteiger partial charge in [0.2, 0.25) is 0 Å². The molecule has 5 rings (SSSR count). The van der Waals surface area contributed by atoms with Crippen molar-refractivity contribution in [3.05, 3.63) is 70.2 Å². The number of likely N-dealkylation sites (tertiary alicyclic amines) is 1. The fourth-order valence-electron chi connectivity index (χ4n) is 5.40. The molecule has 0 amide bonds. The van der Waals surface area contributed by atoms with Crippen molar-refractivity contribution in [1.29, 1.82) is 0 Å². The zero-order chi connectivity index (χ0) is 24.7. The van der Waals surface area contributed by atoms with Gasteiger partial charge in [0.15, 0.2) is 0 Å². The van der Waals surface area contributed by atoms with Crippen LogP contribution in [0.4, 0.5) is 13.2 Å². The molecule has 1 aliphatic heterocycles. The Labute approximate surface area is 202 Å². The van der Waals surface area contributed by atoms with Crippen molar-refractivity contribution < 1.29 is 23.4 Å². The molecule has 0 unspecified atom stereocenters. The number of aliphatic hydroxyl groups excluding tert-OH is 1. The number of nitrogens with zero attached hydrogens (tertiary/aromatic N) is 3. The number of fused-ring (bicyclic) bond motifs is 2. The first-order valence-corrected chi connectivity index (χ1v) is 12.1. The average Bonchev–Trinajstić information content (AvgIpc) is 3.12. The Balaban J connectivity index is 1.57. The third-order valence-corrected chi connectivity index (χ3v) is 7.24. The van der Waals surface area contributed by atoms with Gasteiger partial charge < -0.3 is 14.6 Å². The van der Waals surface area contributed by atoms with Gasteiger partial charge in [0.25, 0.3) is 5.92 Å². The molecule has 2 N–H and O–H groups in total. The molecule has 1 saturated heterocycles. The topological polar surface area (TPSA) is 61.0 Å². The molecular formula is C27H30F3N3O2. The summed E-state index contributed by atoms with van der Waals surface area (Å²) >= 11 is 0. The van der Waals surface area contributed by atoms with Crippen LogP contribution in [0, 0.1) is 12.8 Å². The molecule has 2 aromatic heterocycles. The summed E-state index contributed by atoms with van der Waals surface area (Å²) in [7, 11) is 0. The standard InChI is InChI=1S/C27H30F3N3O2/c1-17-22-4-2-3-20(10-27(29,30)16-34)26(23(22)5-6-24(17)35)19-7-8-33-15-21(31-25(33)9-19)14-32-12-18(11-28)13-32/h5-9,15,18,34-35H,2-4,10-14,16H2,1H3. The van der Waals surface area contributed by atoms with Gasteiger partial charge in [0.1, 0.15) is 18.0 Å². The summed E-state index contributed by atoms with van der Waals surface area (Å²) in [6, 6.07) is 7.24. The summed E-state index contributed by atoms with van der Waals surface area (Å²) in [6.45, 7) is 2.46. The summed E-state index contributed by atoms with van der Waals surface area (Å²) < 4.78 is 43.4. The lowest BCUT2D eigenvalue weighted by Crippen LogP contribution is -2.46. The number of imidazole rings is 1. The van der Waals surface area contributed by atoms with E-state index >= 15 is 0 Å². The highest BCUT2D eigenvalue weighted by Gasteiger charge is 2.32. The smallest absolute Gasteiger partial charge is 0.274 e. The van der Waals surface area contributed by atoms with Crippen LogP contribution < -0.4 is 0 Å². The van der Waals surface area contributed by atoms with E-state index in [1.54, 1.807) is 6.07 Å². The van der Waals surface area contributed by atoms with E-state index in [-0.39, 0.29) is 18.3 Å². The Kier molecular flexibility index (Phi) is 6.36. The third-order valence-electron chi connectivity index (χ3n) is 7.24. The second-order valence-electron chi connectivity index (χ2n) is 9.89. The Morgan fingerprint density at radius 3 is 2.71 bits per heavy atom. The summed E-state index contributed by atoms with van der Waals surface area (Å²) in [5, 5.41) is 19.5. The fourth-order valence-corrected chi connectivity index (χ4v) is 5.40. The Hall–Kier alpha value is -2.84. The van der Waals surface area contributed by atoms with E-state index in [9.17, 15) is 23.4 Å². The normalized spacial score (nSPS) is 17.5. The minimum Gasteiger partial charge on any atom is -0.508 e. The molecule has 186 valence electrons. The van der Waals surface area contributed by atoms with Gasteiger partial charge in [0, 0.05) is 44.4 Å². The van der Waals surface area contributed by atoms with Crippen LogP contribution in [-0.4, -0.2) is 56.8 Å². The maximum Gasteiger partial charge on any atom is 0.274 e. The number of phenols is 1. The summed E-state index contributed by atoms with van der Waals surface area (Å²) in [6.07, 6.45) is 5.15. The number of hydrogen-bond acceptors (Lipinski definition) is 4. The largest absolute Gasteiger partial charge is 0.508 e. The Morgan fingerprint density at radius 2 is 1.97 bits per heavy atom. The number of alkyl halides is 3. The first-order chi connectivity index (χ1) is 16.8. The van der Waals surface area contributed by atoms with Crippen LogP contribution in [0.2, 0.25) is 0 Å². The van der Waals surface area contributed by atoms with Gasteiger partial charge in [-0.3, -0.25) is 9.29 Å². The molecular weight excluding hydrogens is 455 g/mol. The number of pyridine rings is 1. The van der Waals surface area contributed by atoms with Gasteiger partial charge in [-0.15, -0.1) is 0 Å². The van der Waals surface area contributed by atoms with E-state index in [1.807, 2.05) is 41.9 Å². The summed E-state index contributed by atoms with van der Waals surface area (Å²) in [5.74, 6) is -2.91. The summed E-state index contributed by atoms with van der Waals surface area (Å²) in [5.41, 5.74) is 6.27. The number of rotatable bonds is 7. The zero-order valence-corrected chi connectivity index (χ0v) is 19.8. The highest BCUT2D eigenvalue weighted by molar-refractivity contribution is 5.86. The zero-order valence-electron chi connectivity index (χ0n) is 19.8. The van der Waals surface area contributed by atoms with Gasteiger partial charge in [-0.05, 0) is 72.2 Å². The molecule has 1 aliphatic carbocycles. The molecule has 8 heteroatoms. The Morgan fingerprint density at radius 1 is 1.17 bits per heavy atom. The number of hydrogen-bond donors (Lipinski definition) is 2. The minimum atomic E-state index is -3.21. The van der Waals surface area contributed by atoms with Gasteiger partial charge in [-0.25, -0.2) is 13.8 Å². The maximum atomic E-state index is 14.4. The lowest BCUT2D eigenvalue weighted by atomic mass is 9.87. The number of aromatic hydroxyl groups is 1. The molecule has 5 nitrogen and oxygen atoms in total. The van der Waals surface area contributed by atoms with Gasteiger partial charge in [-0.2, -0.15) is 0 Å². The van der Waals surface area contributed by atoms with Crippen LogP contribution in [0.1, 0.15) is 47.2 Å². The molecule has 3 heterocycles. The first kappa shape index (κ1) is 23.9. The van der Waals surface area contributed by atoms with Crippen LogP contribution in [-0.2, 0) is 13.0 Å². The highest BCUT2D eigenvalue weighted by Crippen LogP contribution is 2.42. The molecule has 0 spiro atoms. The van der Waals surface area contributed by atoms with E-state index < -0.39 is 19.0 Å². The van der Waals surface area contributed by atoms with Gasteiger partial charge >= 0.3 is 0 Å². The van der Waals surface area contributed by atoms with Crippen molar-refractivity contribution >= 4 is 11.2 Å². The van der Waals surface area contributed by atoms with E-state index in [0.717, 1.165) is 46.6 Å². The number of halogens is 3. The molecule has 0 saturated carbocycles. The van der Waals surface area contributed by atoms with Gasteiger partial charge in [0.05, 0.1) is 12.4 Å². The number of phenolic OH excluding ortho intramolecular Hbond substituents is 1. The fraction of sp³-hybridized carbons (Fsp3) is 0.444. The molecule has 35 heavy (non-hydrogen) atoms. The lowest BCUT2D eigenvalue weighted by molar-refractivity contribution is -0.0491. The van der Waals surface area contributed by atoms with Crippen LogP contribution >= 0.6 is 0 Å². The Bertz CT molecular complexity index is 1280. The van der Waals surface area contributed by atoms with Crippen molar-refractivity contribution in [2.75, 3.05) is 26.4 Å². The molecule has 0 atom stereocenters. The molecule has 1 fully saturated rings. The summed E-state index contributed by atoms with van der Waals surface area (Å²) in [4.78, 5) is 6.90. The quantitative estimate of drug-likeness (QED) is 0.500. The lowest BCUT2D eigenvalue weighted by Gasteiger charge is -2.37. The van der Waals surface area contributed by atoms with Crippen molar-refractivity contribution in [2.45, 2.75) is 45.1 Å². The SMILES string of the molecule is Cc1c(O)ccc2c1CCCC(CC(F)(F)CO)=C2c1ccn2cc(CN3CC(CF)C3)nc2c1. The van der Waals surface area contributed by atoms with Crippen LogP contribution in [0.15, 0.2) is 42.2 Å². The van der Waals surface area contributed by atoms with Crippen LogP contribution in [0.3, 0.4) is 0 Å².